The normalized spacial score (nSPS) is 17.4. The molecule has 7 heteroatoms. The second kappa shape index (κ2) is 12.0. The van der Waals surface area contributed by atoms with Crippen molar-refractivity contribution in [1.29, 1.82) is 0 Å². The van der Waals surface area contributed by atoms with Gasteiger partial charge in [0, 0.05) is 56.0 Å². The molecular formula is C29H31ClN2O4. The summed E-state index contributed by atoms with van der Waals surface area (Å²) < 4.78 is 11.6. The van der Waals surface area contributed by atoms with Crippen LogP contribution in [0.4, 0.5) is 0 Å². The summed E-state index contributed by atoms with van der Waals surface area (Å²) in [6.07, 6.45) is 0.705. The first kappa shape index (κ1) is 25.6. The Morgan fingerprint density at radius 3 is 2.47 bits per heavy atom. The van der Waals surface area contributed by atoms with Gasteiger partial charge < -0.3 is 19.3 Å². The number of carbonyl (C=O) groups is 2. The van der Waals surface area contributed by atoms with Crippen molar-refractivity contribution in [2.45, 2.75) is 25.5 Å². The zero-order valence-corrected chi connectivity index (χ0v) is 21.4. The first-order valence-corrected chi connectivity index (χ1v) is 12.4. The fourth-order valence-electron chi connectivity index (χ4n) is 4.50. The first-order chi connectivity index (χ1) is 17.4. The van der Waals surface area contributed by atoms with Crippen LogP contribution in [0, 0.1) is 5.92 Å². The highest BCUT2D eigenvalue weighted by Gasteiger charge is 2.35. The fraction of sp³-hybridized carbons (Fsp3) is 0.310. The summed E-state index contributed by atoms with van der Waals surface area (Å²) in [6.45, 7) is 1.50. The molecule has 3 aromatic carbocycles. The molecule has 1 aliphatic rings. The molecule has 0 N–H and O–H groups in total. The molecule has 3 aromatic rings. The molecule has 0 radical (unpaired) electrons. The van der Waals surface area contributed by atoms with E-state index in [1.807, 2.05) is 66.5 Å². The number of hydrogen-bond donors (Lipinski definition) is 0. The van der Waals surface area contributed by atoms with Gasteiger partial charge in [0.15, 0.2) is 0 Å². The lowest BCUT2D eigenvalue weighted by atomic mass is 9.90. The number of ether oxygens (including phenoxy) is 2. The molecule has 188 valence electrons. The predicted octanol–water partition coefficient (Wildman–Crippen LogP) is 5.31. The van der Waals surface area contributed by atoms with Gasteiger partial charge in [-0.25, -0.2) is 0 Å². The lowest BCUT2D eigenvalue weighted by Gasteiger charge is -2.39. The molecule has 2 atom stereocenters. The summed E-state index contributed by atoms with van der Waals surface area (Å²) in [4.78, 5) is 30.1. The van der Waals surface area contributed by atoms with Crippen molar-refractivity contribution in [2.24, 2.45) is 5.92 Å². The molecule has 0 bridgehead atoms. The zero-order valence-electron chi connectivity index (χ0n) is 20.6. The van der Waals surface area contributed by atoms with E-state index >= 15 is 0 Å². The topological polar surface area (TPSA) is 59.1 Å². The lowest BCUT2D eigenvalue weighted by Crippen LogP contribution is -2.49. The second-order valence-corrected chi connectivity index (χ2v) is 9.52. The average Bonchev–Trinajstić information content (AvgIpc) is 2.91. The summed E-state index contributed by atoms with van der Waals surface area (Å²) in [5.74, 6) is 1.12. The van der Waals surface area contributed by atoms with Crippen molar-refractivity contribution in [3.05, 3.63) is 95.0 Å². The van der Waals surface area contributed by atoms with Crippen molar-refractivity contribution in [1.82, 2.24) is 9.80 Å². The third-order valence-electron chi connectivity index (χ3n) is 6.49. The lowest BCUT2D eigenvalue weighted by molar-refractivity contribution is -0.132. The monoisotopic (exact) mass is 506 g/mol. The van der Waals surface area contributed by atoms with Gasteiger partial charge in [0.05, 0.1) is 7.11 Å². The Kier molecular flexibility index (Phi) is 8.49. The molecule has 4 rings (SSSR count). The van der Waals surface area contributed by atoms with Crippen molar-refractivity contribution >= 4 is 23.4 Å². The van der Waals surface area contributed by atoms with Crippen molar-refractivity contribution in [3.8, 4) is 11.5 Å². The van der Waals surface area contributed by atoms with Crippen LogP contribution in [0.1, 0.15) is 28.8 Å². The molecule has 1 heterocycles. The van der Waals surface area contributed by atoms with E-state index in [4.69, 9.17) is 21.1 Å². The molecule has 0 aliphatic carbocycles. The van der Waals surface area contributed by atoms with Gasteiger partial charge in [0.25, 0.3) is 5.91 Å². The summed E-state index contributed by atoms with van der Waals surface area (Å²) >= 11 is 6.03. The van der Waals surface area contributed by atoms with E-state index in [9.17, 15) is 9.59 Å². The summed E-state index contributed by atoms with van der Waals surface area (Å²) in [7, 11) is 3.39. The van der Waals surface area contributed by atoms with Crippen LogP contribution in [0.15, 0.2) is 78.9 Å². The highest BCUT2D eigenvalue weighted by molar-refractivity contribution is 6.30. The van der Waals surface area contributed by atoms with Gasteiger partial charge in [0.1, 0.15) is 17.6 Å². The van der Waals surface area contributed by atoms with E-state index in [1.165, 1.54) is 0 Å². The predicted molar refractivity (Wildman–Crippen MR) is 140 cm³/mol. The second-order valence-electron chi connectivity index (χ2n) is 9.08. The van der Waals surface area contributed by atoms with Crippen LogP contribution in [0.25, 0.3) is 0 Å². The third-order valence-corrected chi connectivity index (χ3v) is 6.75. The number of nitrogens with zero attached hydrogens (tertiary/aromatic N) is 2. The quantitative estimate of drug-likeness (QED) is 0.415. The summed E-state index contributed by atoms with van der Waals surface area (Å²) in [6, 6.07) is 24.3. The van der Waals surface area contributed by atoms with Gasteiger partial charge in [-0.15, -0.1) is 0 Å². The maximum absolute atomic E-state index is 13.3. The Labute approximate surface area is 217 Å². The van der Waals surface area contributed by atoms with Crippen molar-refractivity contribution < 1.29 is 19.1 Å². The molecule has 1 saturated heterocycles. The molecular weight excluding hydrogens is 476 g/mol. The molecule has 1 aliphatic heterocycles. The standard InChI is InChI=1S/C29H31ClN2O4/c1-31(19-21-7-4-3-5-8-21)28(33)18-23-20-32(29(34)22-9-6-10-26(17-22)35-2)16-15-27(23)36-25-13-11-24(30)12-14-25/h3-14,17,23,27H,15-16,18-20H2,1-2H3/t23-,27-/m0/s1. The molecule has 1 fully saturated rings. The molecule has 0 spiro atoms. The number of amides is 2. The largest absolute Gasteiger partial charge is 0.497 e. The summed E-state index contributed by atoms with van der Waals surface area (Å²) in [5, 5.41) is 0.635. The Morgan fingerprint density at radius 1 is 1.00 bits per heavy atom. The molecule has 2 amide bonds. The fourth-order valence-corrected chi connectivity index (χ4v) is 4.62. The van der Waals surface area contributed by atoms with Gasteiger partial charge in [-0.1, -0.05) is 48.0 Å². The maximum Gasteiger partial charge on any atom is 0.254 e. The Hall–Kier alpha value is -3.51. The number of carbonyl (C=O) groups excluding carboxylic acids is 2. The highest BCUT2D eigenvalue weighted by Crippen LogP contribution is 2.28. The Morgan fingerprint density at radius 2 is 1.75 bits per heavy atom. The van der Waals surface area contributed by atoms with E-state index in [0.717, 1.165) is 5.56 Å². The van der Waals surface area contributed by atoms with Crippen LogP contribution >= 0.6 is 11.6 Å². The number of benzene rings is 3. The van der Waals surface area contributed by atoms with E-state index in [-0.39, 0.29) is 30.3 Å². The minimum Gasteiger partial charge on any atom is -0.497 e. The molecule has 36 heavy (non-hydrogen) atoms. The molecule has 6 nitrogen and oxygen atoms in total. The van der Waals surface area contributed by atoms with Gasteiger partial charge in [-0.3, -0.25) is 9.59 Å². The number of rotatable bonds is 8. The Balaban J connectivity index is 1.49. The zero-order chi connectivity index (χ0) is 25.5. The van der Waals surface area contributed by atoms with Crippen LogP contribution in [0.3, 0.4) is 0 Å². The minimum absolute atomic E-state index is 0.0178. The highest BCUT2D eigenvalue weighted by atomic mass is 35.5. The number of methoxy groups -OCH3 is 1. The Bertz CT molecular complexity index is 1170. The van der Waals surface area contributed by atoms with Crippen LogP contribution < -0.4 is 9.47 Å². The third kappa shape index (κ3) is 6.58. The smallest absolute Gasteiger partial charge is 0.254 e. The van der Waals surface area contributed by atoms with Crippen LogP contribution in [-0.2, 0) is 11.3 Å². The number of halogens is 1. The van der Waals surface area contributed by atoms with Crippen LogP contribution in [0.5, 0.6) is 11.5 Å². The maximum atomic E-state index is 13.3. The van der Waals surface area contributed by atoms with Crippen LogP contribution in [-0.4, -0.2) is 55.0 Å². The van der Waals surface area contributed by atoms with Gasteiger partial charge in [0.2, 0.25) is 5.91 Å². The molecule has 0 saturated carbocycles. The van der Waals surface area contributed by atoms with Crippen molar-refractivity contribution in [2.75, 3.05) is 27.2 Å². The van der Waals surface area contributed by atoms with Gasteiger partial charge >= 0.3 is 0 Å². The van der Waals surface area contributed by atoms with E-state index < -0.39 is 0 Å². The number of likely N-dealkylation sites (tertiary alicyclic amines) is 1. The molecule has 0 unspecified atom stereocenters. The van der Waals surface area contributed by atoms with E-state index in [0.29, 0.717) is 48.1 Å². The van der Waals surface area contributed by atoms with E-state index in [1.54, 1.807) is 36.3 Å². The molecule has 0 aromatic heterocycles. The minimum atomic E-state index is -0.199. The average molecular weight is 507 g/mol. The number of piperidine rings is 1. The van der Waals surface area contributed by atoms with Crippen molar-refractivity contribution in [3.63, 3.8) is 0 Å². The number of hydrogen-bond acceptors (Lipinski definition) is 4. The van der Waals surface area contributed by atoms with Crippen LogP contribution in [0.2, 0.25) is 5.02 Å². The van der Waals surface area contributed by atoms with E-state index in [2.05, 4.69) is 0 Å². The van der Waals surface area contributed by atoms with Gasteiger partial charge in [-0.2, -0.15) is 0 Å². The summed E-state index contributed by atoms with van der Waals surface area (Å²) in [5.41, 5.74) is 1.64. The SMILES string of the molecule is COc1cccc(C(=O)N2CC[C@H](Oc3ccc(Cl)cc3)[C@@H](CC(=O)N(C)Cc3ccccc3)C2)c1. The van der Waals surface area contributed by atoms with Gasteiger partial charge in [-0.05, 0) is 48.0 Å². The first-order valence-electron chi connectivity index (χ1n) is 12.1.